The Hall–Kier alpha value is -3.09. The van der Waals surface area contributed by atoms with E-state index in [1.165, 1.54) is 16.7 Å². The summed E-state index contributed by atoms with van der Waals surface area (Å²) < 4.78 is 15.3. The predicted molar refractivity (Wildman–Crippen MR) is 131 cm³/mol. The number of benzene rings is 4. The molecule has 2 nitrogen and oxygen atoms in total. The predicted octanol–water partition coefficient (Wildman–Crippen LogP) is 6.07. The Morgan fingerprint density at radius 1 is 0.710 bits per heavy atom. The Bertz CT molecular complexity index is 1180. The standard InChI is InChI=1S/C28H26NOP/c1-22-16-18-24(19-17-22)29-21-20-23-10-8-9-15-27(23)28(29)31(30,25-11-4-2-5-12-25)26-13-6-3-7-14-26/h2-19,28H,20-21H2,1H3. The zero-order chi connectivity index (χ0) is 21.3. The zero-order valence-corrected chi connectivity index (χ0v) is 18.6. The Balaban J connectivity index is 1.78. The summed E-state index contributed by atoms with van der Waals surface area (Å²) in [4.78, 5) is 2.36. The summed E-state index contributed by atoms with van der Waals surface area (Å²) in [7, 11) is -3.04. The third kappa shape index (κ3) is 3.52. The maximum absolute atomic E-state index is 15.3. The first-order valence-electron chi connectivity index (χ1n) is 10.8. The summed E-state index contributed by atoms with van der Waals surface area (Å²) in [5.41, 5.74) is 4.82. The van der Waals surface area contributed by atoms with Crippen molar-refractivity contribution in [3.8, 4) is 0 Å². The van der Waals surface area contributed by atoms with E-state index in [2.05, 4.69) is 60.4 Å². The molecule has 154 valence electrons. The van der Waals surface area contributed by atoms with Gasteiger partial charge in [0.25, 0.3) is 0 Å². The van der Waals surface area contributed by atoms with Gasteiger partial charge in [-0.2, -0.15) is 0 Å². The Kier molecular flexibility index (Phi) is 5.26. The molecule has 31 heavy (non-hydrogen) atoms. The number of rotatable bonds is 4. The third-order valence-electron chi connectivity index (χ3n) is 6.24. The van der Waals surface area contributed by atoms with E-state index in [9.17, 15) is 0 Å². The van der Waals surface area contributed by atoms with Crippen LogP contribution in [0.5, 0.6) is 0 Å². The maximum atomic E-state index is 15.3. The Morgan fingerprint density at radius 3 is 1.87 bits per heavy atom. The highest BCUT2D eigenvalue weighted by Crippen LogP contribution is 2.61. The van der Waals surface area contributed by atoms with Crippen molar-refractivity contribution in [2.45, 2.75) is 19.1 Å². The van der Waals surface area contributed by atoms with E-state index in [0.717, 1.165) is 29.3 Å². The van der Waals surface area contributed by atoms with E-state index in [1.54, 1.807) is 0 Å². The second-order valence-corrected chi connectivity index (χ2v) is 11.0. The topological polar surface area (TPSA) is 20.3 Å². The molecule has 5 rings (SSSR count). The number of fused-ring (bicyclic) bond motifs is 1. The molecular weight excluding hydrogens is 397 g/mol. The van der Waals surface area contributed by atoms with Gasteiger partial charge in [0.05, 0.1) is 0 Å². The molecule has 1 aliphatic heterocycles. The summed E-state index contributed by atoms with van der Waals surface area (Å²) >= 11 is 0. The van der Waals surface area contributed by atoms with Crippen LogP contribution in [0.1, 0.15) is 22.5 Å². The summed E-state index contributed by atoms with van der Waals surface area (Å²) in [6.45, 7) is 2.94. The number of hydrogen-bond donors (Lipinski definition) is 0. The molecule has 1 aliphatic rings. The molecule has 0 N–H and O–H groups in total. The van der Waals surface area contributed by atoms with Gasteiger partial charge in [0.15, 0.2) is 7.14 Å². The molecular formula is C28H26NOP. The fourth-order valence-electron chi connectivity index (χ4n) is 4.67. The van der Waals surface area contributed by atoms with Gasteiger partial charge in [0.2, 0.25) is 0 Å². The van der Waals surface area contributed by atoms with Gasteiger partial charge in [0.1, 0.15) is 5.78 Å². The maximum Gasteiger partial charge on any atom is 0.168 e. The molecule has 3 heteroatoms. The van der Waals surface area contributed by atoms with Crippen LogP contribution in [-0.2, 0) is 11.0 Å². The van der Waals surface area contributed by atoms with E-state index in [4.69, 9.17) is 0 Å². The average molecular weight is 423 g/mol. The lowest BCUT2D eigenvalue weighted by Gasteiger charge is -2.43. The minimum Gasteiger partial charge on any atom is -0.357 e. The van der Waals surface area contributed by atoms with Crippen LogP contribution in [0.2, 0.25) is 0 Å². The molecule has 0 fully saturated rings. The molecule has 1 unspecified atom stereocenters. The summed E-state index contributed by atoms with van der Waals surface area (Å²) in [6, 6.07) is 37.2. The Morgan fingerprint density at radius 2 is 1.26 bits per heavy atom. The molecule has 0 radical (unpaired) electrons. The summed E-state index contributed by atoms with van der Waals surface area (Å²) in [5, 5.41) is 1.81. The van der Waals surface area contributed by atoms with Gasteiger partial charge in [-0.1, -0.05) is 103 Å². The molecule has 0 saturated carbocycles. The first-order chi connectivity index (χ1) is 15.2. The van der Waals surface area contributed by atoms with Crippen LogP contribution in [0.4, 0.5) is 5.69 Å². The van der Waals surface area contributed by atoms with Crippen molar-refractivity contribution in [1.29, 1.82) is 0 Å². The van der Waals surface area contributed by atoms with Crippen LogP contribution in [0.15, 0.2) is 109 Å². The molecule has 0 bridgehead atoms. The van der Waals surface area contributed by atoms with E-state index < -0.39 is 7.14 Å². The van der Waals surface area contributed by atoms with Crippen molar-refractivity contribution in [1.82, 2.24) is 0 Å². The van der Waals surface area contributed by atoms with Gasteiger partial charge in [-0.15, -0.1) is 0 Å². The number of aryl methyl sites for hydroxylation is 1. The molecule has 0 saturated heterocycles. The fourth-order valence-corrected chi connectivity index (χ4v) is 8.05. The molecule has 1 atom stereocenters. The first-order valence-corrected chi connectivity index (χ1v) is 12.6. The van der Waals surface area contributed by atoms with Gasteiger partial charge >= 0.3 is 0 Å². The van der Waals surface area contributed by atoms with Crippen LogP contribution in [-0.4, -0.2) is 6.54 Å². The van der Waals surface area contributed by atoms with E-state index in [1.807, 2.05) is 60.7 Å². The first kappa shape index (κ1) is 19.8. The molecule has 4 aromatic carbocycles. The summed E-state index contributed by atoms with van der Waals surface area (Å²) in [5.74, 6) is -0.245. The van der Waals surface area contributed by atoms with Crippen molar-refractivity contribution in [3.63, 3.8) is 0 Å². The van der Waals surface area contributed by atoms with E-state index in [0.29, 0.717) is 0 Å². The lowest BCUT2D eigenvalue weighted by molar-refractivity contribution is 0.569. The third-order valence-corrected chi connectivity index (χ3v) is 9.62. The lowest BCUT2D eigenvalue weighted by Crippen LogP contribution is -2.39. The number of hydrogen-bond acceptors (Lipinski definition) is 2. The molecule has 1 heterocycles. The normalized spacial score (nSPS) is 16.0. The smallest absolute Gasteiger partial charge is 0.168 e. The van der Waals surface area contributed by atoms with Crippen molar-refractivity contribution < 1.29 is 4.57 Å². The molecule has 0 spiro atoms. The second kappa shape index (κ2) is 8.21. The van der Waals surface area contributed by atoms with Gasteiger partial charge in [-0.3, -0.25) is 0 Å². The van der Waals surface area contributed by atoms with Crippen LogP contribution < -0.4 is 15.5 Å². The SMILES string of the molecule is Cc1ccc(N2CCc3ccccc3C2P(=O)(c2ccccc2)c2ccccc2)cc1. The average Bonchev–Trinajstić information content (AvgIpc) is 2.84. The van der Waals surface area contributed by atoms with Crippen molar-refractivity contribution in [2.75, 3.05) is 11.4 Å². The van der Waals surface area contributed by atoms with Gasteiger partial charge in [0, 0.05) is 22.8 Å². The van der Waals surface area contributed by atoms with Crippen LogP contribution in [0.25, 0.3) is 0 Å². The second-order valence-electron chi connectivity index (χ2n) is 8.18. The van der Waals surface area contributed by atoms with Crippen LogP contribution in [0.3, 0.4) is 0 Å². The van der Waals surface area contributed by atoms with Gasteiger partial charge < -0.3 is 9.46 Å². The number of anilines is 1. The molecule has 0 aromatic heterocycles. The highest BCUT2D eigenvalue weighted by Gasteiger charge is 2.44. The van der Waals surface area contributed by atoms with E-state index in [-0.39, 0.29) is 5.78 Å². The largest absolute Gasteiger partial charge is 0.357 e. The minimum atomic E-state index is -3.04. The lowest BCUT2D eigenvalue weighted by atomic mass is 9.99. The monoisotopic (exact) mass is 423 g/mol. The van der Waals surface area contributed by atoms with Crippen molar-refractivity contribution in [3.05, 3.63) is 126 Å². The van der Waals surface area contributed by atoms with Gasteiger partial charge in [-0.25, -0.2) is 0 Å². The van der Waals surface area contributed by atoms with Crippen molar-refractivity contribution >= 4 is 23.4 Å². The van der Waals surface area contributed by atoms with E-state index >= 15 is 4.57 Å². The highest BCUT2D eigenvalue weighted by atomic mass is 31.2. The van der Waals surface area contributed by atoms with Crippen molar-refractivity contribution in [2.24, 2.45) is 0 Å². The van der Waals surface area contributed by atoms with Crippen LogP contribution >= 0.6 is 7.14 Å². The molecule has 0 aliphatic carbocycles. The summed E-state index contributed by atoms with van der Waals surface area (Å²) in [6.07, 6.45) is 0.949. The van der Waals surface area contributed by atoms with Gasteiger partial charge in [-0.05, 0) is 36.6 Å². The highest BCUT2D eigenvalue weighted by molar-refractivity contribution is 7.79. The Labute approximate surface area is 184 Å². The molecule has 0 amide bonds. The number of nitrogens with zero attached hydrogens (tertiary/aromatic N) is 1. The minimum absolute atomic E-state index is 0.245. The van der Waals surface area contributed by atoms with Crippen LogP contribution in [0, 0.1) is 6.92 Å². The quantitative estimate of drug-likeness (QED) is 0.371. The fraction of sp³-hybridized carbons (Fsp3) is 0.143. The zero-order valence-electron chi connectivity index (χ0n) is 17.7. The molecule has 4 aromatic rings.